The number of rotatable bonds is 3. The number of amides is 1. The molecule has 2 heterocycles. The molecule has 0 bridgehead atoms. The predicted octanol–water partition coefficient (Wildman–Crippen LogP) is 4.83. The molecule has 6 nitrogen and oxygen atoms in total. The van der Waals surface area contributed by atoms with Gasteiger partial charge in [0.15, 0.2) is 5.13 Å². The number of thiazole rings is 1. The van der Waals surface area contributed by atoms with Crippen LogP contribution >= 0.6 is 45.9 Å². The number of hydrogen-bond acceptors (Lipinski definition) is 6. The Morgan fingerprint density at radius 1 is 1.23 bits per heavy atom. The first-order valence-corrected chi connectivity index (χ1v) is 8.14. The third kappa shape index (κ3) is 2.78. The quantitative estimate of drug-likeness (QED) is 0.526. The maximum atomic E-state index is 12.1. The van der Waals surface area contributed by atoms with E-state index in [1.807, 2.05) is 0 Å². The topological polar surface area (TPSA) is 85.1 Å². The highest BCUT2D eigenvalue weighted by molar-refractivity contribution is 7.22. The van der Waals surface area contributed by atoms with E-state index in [0.29, 0.717) is 20.7 Å². The third-order valence-corrected chi connectivity index (χ3v) is 5.43. The van der Waals surface area contributed by atoms with E-state index in [9.17, 15) is 14.9 Å². The van der Waals surface area contributed by atoms with Crippen LogP contribution in [0.2, 0.25) is 10.0 Å². The zero-order valence-electron chi connectivity index (χ0n) is 10.5. The number of carbonyl (C=O) groups is 1. The largest absolute Gasteiger partial charge is 0.324 e. The predicted molar refractivity (Wildman–Crippen MR) is 88.6 cm³/mol. The molecule has 1 N–H and O–H groups in total. The molecule has 3 aromatic rings. The molecule has 10 heteroatoms. The minimum atomic E-state index is -0.541. The second-order valence-corrected chi connectivity index (χ2v) is 6.95. The molecule has 1 aromatic carbocycles. The van der Waals surface area contributed by atoms with Gasteiger partial charge in [0, 0.05) is 6.07 Å². The van der Waals surface area contributed by atoms with E-state index in [-0.39, 0.29) is 9.88 Å². The lowest BCUT2D eigenvalue weighted by Gasteiger charge is -1.96. The summed E-state index contributed by atoms with van der Waals surface area (Å²) in [5.74, 6) is -0.459. The molecule has 22 heavy (non-hydrogen) atoms. The first-order chi connectivity index (χ1) is 10.5. The number of anilines is 1. The van der Waals surface area contributed by atoms with Gasteiger partial charge >= 0.3 is 5.00 Å². The molecule has 0 spiro atoms. The molecule has 0 saturated carbocycles. The minimum Gasteiger partial charge on any atom is -0.297 e. The van der Waals surface area contributed by atoms with E-state index < -0.39 is 10.8 Å². The number of halogens is 2. The van der Waals surface area contributed by atoms with Gasteiger partial charge in [-0.25, -0.2) is 4.98 Å². The summed E-state index contributed by atoms with van der Waals surface area (Å²) in [5, 5.41) is 14.2. The molecule has 0 atom stereocenters. The van der Waals surface area contributed by atoms with Gasteiger partial charge in [0.25, 0.3) is 5.91 Å². The highest BCUT2D eigenvalue weighted by Crippen LogP contribution is 2.35. The number of hydrogen-bond donors (Lipinski definition) is 1. The third-order valence-electron chi connectivity index (χ3n) is 2.67. The molecule has 0 aliphatic rings. The van der Waals surface area contributed by atoms with Crippen LogP contribution in [0.4, 0.5) is 10.1 Å². The van der Waals surface area contributed by atoms with Crippen molar-refractivity contribution in [1.29, 1.82) is 0 Å². The number of fused-ring (bicyclic) bond motifs is 1. The number of nitrogens with one attached hydrogen (secondary N) is 1. The first-order valence-electron chi connectivity index (χ1n) is 5.76. The summed E-state index contributed by atoms with van der Waals surface area (Å²) in [6.07, 6.45) is 0. The van der Waals surface area contributed by atoms with E-state index in [4.69, 9.17) is 23.2 Å². The molecule has 0 radical (unpaired) electrons. The van der Waals surface area contributed by atoms with Crippen LogP contribution in [0.5, 0.6) is 0 Å². The molecule has 1 amide bonds. The fourth-order valence-electron chi connectivity index (χ4n) is 1.70. The number of aromatic nitrogens is 1. The fourth-order valence-corrected chi connectivity index (χ4v) is 3.70. The summed E-state index contributed by atoms with van der Waals surface area (Å²) >= 11 is 14.0. The van der Waals surface area contributed by atoms with E-state index in [0.717, 1.165) is 16.0 Å². The standard InChI is InChI=1S/C12H5Cl2N3O3S2/c13-5-1-2-6-10(9(5)14)15-12(22-6)16-11(18)7-3-4-8(21-7)17(19)20/h1-4H,(H,15,16,18). The van der Waals surface area contributed by atoms with Gasteiger partial charge in [0.1, 0.15) is 5.52 Å². The van der Waals surface area contributed by atoms with Crippen LogP contribution in [0.15, 0.2) is 24.3 Å². The monoisotopic (exact) mass is 373 g/mol. The molecule has 0 aliphatic heterocycles. The van der Waals surface area contributed by atoms with Crippen LogP contribution in [0.1, 0.15) is 9.67 Å². The zero-order valence-corrected chi connectivity index (χ0v) is 13.6. The van der Waals surface area contributed by atoms with E-state index in [1.54, 1.807) is 12.1 Å². The summed E-state index contributed by atoms with van der Waals surface area (Å²) < 4.78 is 0.780. The molecule has 112 valence electrons. The summed E-state index contributed by atoms with van der Waals surface area (Å²) in [4.78, 5) is 26.6. The second kappa shape index (κ2) is 5.81. The highest BCUT2D eigenvalue weighted by Gasteiger charge is 2.17. The number of carbonyl (C=O) groups excluding carboxylic acids is 1. The molecule has 0 fully saturated rings. The molecular formula is C12H5Cl2N3O3S2. The first kappa shape index (κ1) is 15.2. The normalized spacial score (nSPS) is 10.8. The lowest BCUT2D eigenvalue weighted by molar-refractivity contribution is -0.380. The van der Waals surface area contributed by atoms with Gasteiger partial charge in [0.2, 0.25) is 0 Å². The van der Waals surface area contributed by atoms with Crippen LogP contribution in [0, 0.1) is 10.1 Å². The van der Waals surface area contributed by atoms with Gasteiger partial charge in [-0.2, -0.15) is 0 Å². The fraction of sp³-hybridized carbons (Fsp3) is 0. The van der Waals surface area contributed by atoms with Crippen molar-refractivity contribution in [2.75, 3.05) is 5.32 Å². The van der Waals surface area contributed by atoms with Crippen LogP contribution in [0.3, 0.4) is 0 Å². The van der Waals surface area contributed by atoms with Gasteiger partial charge in [-0.05, 0) is 18.2 Å². The zero-order chi connectivity index (χ0) is 15.9. The molecule has 0 aliphatic carbocycles. The van der Waals surface area contributed by atoms with Gasteiger partial charge in [-0.1, -0.05) is 45.9 Å². The van der Waals surface area contributed by atoms with E-state index in [1.165, 1.54) is 23.5 Å². The number of benzene rings is 1. The molecule has 0 unspecified atom stereocenters. The van der Waals surface area contributed by atoms with Crippen molar-refractivity contribution in [2.24, 2.45) is 0 Å². The van der Waals surface area contributed by atoms with Gasteiger partial charge < -0.3 is 0 Å². The summed E-state index contributed by atoms with van der Waals surface area (Å²) in [6, 6.07) is 6.09. The average Bonchev–Trinajstić information content (AvgIpc) is 3.09. The van der Waals surface area contributed by atoms with Crippen molar-refractivity contribution in [3.05, 3.63) is 49.3 Å². The highest BCUT2D eigenvalue weighted by atomic mass is 35.5. The van der Waals surface area contributed by atoms with Crippen molar-refractivity contribution in [1.82, 2.24) is 4.98 Å². The van der Waals surface area contributed by atoms with Gasteiger partial charge in [-0.3, -0.25) is 20.2 Å². The number of nitrogens with zero attached hydrogens (tertiary/aromatic N) is 2. The van der Waals surface area contributed by atoms with Gasteiger partial charge in [-0.15, -0.1) is 0 Å². The van der Waals surface area contributed by atoms with Crippen LogP contribution in [-0.4, -0.2) is 15.8 Å². The minimum absolute atomic E-state index is 0.0933. The van der Waals surface area contributed by atoms with Crippen LogP contribution < -0.4 is 5.32 Å². The SMILES string of the molecule is O=C(Nc1nc2c(Cl)c(Cl)ccc2s1)c1ccc([N+](=O)[O-])s1. The maximum absolute atomic E-state index is 12.1. The summed E-state index contributed by atoms with van der Waals surface area (Å²) in [5.41, 5.74) is 0.506. The van der Waals surface area contributed by atoms with Crippen molar-refractivity contribution in [2.45, 2.75) is 0 Å². The van der Waals surface area contributed by atoms with E-state index >= 15 is 0 Å². The van der Waals surface area contributed by atoms with Crippen LogP contribution in [0.25, 0.3) is 10.2 Å². The lowest BCUT2D eigenvalue weighted by atomic mass is 10.3. The Morgan fingerprint density at radius 3 is 2.68 bits per heavy atom. The molecule has 0 saturated heterocycles. The van der Waals surface area contributed by atoms with Crippen molar-refractivity contribution >= 4 is 72.1 Å². The Labute approximate surface area is 141 Å². The molecule has 2 aromatic heterocycles. The maximum Gasteiger partial charge on any atom is 0.324 e. The summed E-state index contributed by atoms with van der Waals surface area (Å²) in [6.45, 7) is 0. The number of nitro groups is 1. The smallest absolute Gasteiger partial charge is 0.297 e. The Hall–Kier alpha value is -1.74. The van der Waals surface area contributed by atoms with Crippen LogP contribution in [-0.2, 0) is 0 Å². The molecule has 3 rings (SSSR count). The second-order valence-electron chi connectivity index (χ2n) is 4.08. The Morgan fingerprint density at radius 2 is 2.00 bits per heavy atom. The molecular weight excluding hydrogens is 369 g/mol. The Balaban J connectivity index is 1.87. The summed E-state index contributed by atoms with van der Waals surface area (Å²) in [7, 11) is 0. The van der Waals surface area contributed by atoms with Crippen molar-refractivity contribution < 1.29 is 9.72 Å². The van der Waals surface area contributed by atoms with Crippen molar-refractivity contribution in [3.63, 3.8) is 0 Å². The van der Waals surface area contributed by atoms with Gasteiger partial charge in [0.05, 0.1) is 24.5 Å². The average molecular weight is 374 g/mol. The van der Waals surface area contributed by atoms with E-state index in [2.05, 4.69) is 10.3 Å². The lowest BCUT2D eigenvalue weighted by Crippen LogP contribution is -2.09. The van der Waals surface area contributed by atoms with Crippen molar-refractivity contribution in [3.8, 4) is 0 Å². The number of thiophene rings is 1. The Kier molecular flexibility index (Phi) is 4.00. The Bertz CT molecular complexity index is 906.